The summed E-state index contributed by atoms with van der Waals surface area (Å²) in [4.78, 5) is 26.4. The maximum Gasteiger partial charge on any atom is 0.321 e. The fraction of sp³-hybridized carbons (Fsp3) is 0.235. The van der Waals surface area contributed by atoms with Gasteiger partial charge in [-0.15, -0.1) is 0 Å². The van der Waals surface area contributed by atoms with Crippen LogP contribution in [0, 0.1) is 15.9 Å². The number of nitrogens with one attached hydrogen (secondary N) is 1. The van der Waals surface area contributed by atoms with Crippen molar-refractivity contribution in [2.75, 3.05) is 36.4 Å². The third-order valence-corrected chi connectivity index (χ3v) is 4.82. The zero-order chi connectivity index (χ0) is 18.7. The Labute approximate surface area is 157 Å². The number of nitro benzene ring substituents is 1. The number of nitro groups is 1. The van der Waals surface area contributed by atoms with Crippen molar-refractivity contribution < 1.29 is 14.1 Å². The molecule has 0 unspecified atom stereocenters. The Morgan fingerprint density at radius 2 is 1.77 bits per heavy atom. The molecule has 0 atom stereocenters. The van der Waals surface area contributed by atoms with Crippen molar-refractivity contribution in [2.45, 2.75) is 0 Å². The highest BCUT2D eigenvalue weighted by atomic mass is 79.9. The Kier molecular flexibility index (Phi) is 5.36. The summed E-state index contributed by atoms with van der Waals surface area (Å²) < 4.78 is 13.6. The molecular formula is C17H16BrFN4O3. The zero-order valence-electron chi connectivity index (χ0n) is 13.7. The molecule has 1 saturated heterocycles. The third kappa shape index (κ3) is 4.10. The van der Waals surface area contributed by atoms with Crippen LogP contribution >= 0.6 is 15.9 Å². The summed E-state index contributed by atoms with van der Waals surface area (Å²) in [6.45, 7) is 2.27. The number of amides is 2. The number of halogens is 2. The topological polar surface area (TPSA) is 78.7 Å². The largest absolute Gasteiger partial charge is 0.368 e. The lowest BCUT2D eigenvalue weighted by Crippen LogP contribution is -2.50. The van der Waals surface area contributed by atoms with E-state index in [0.29, 0.717) is 36.3 Å². The van der Waals surface area contributed by atoms with Crippen LogP contribution < -0.4 is 10.2 Å². The second-order valence-corrected chi connectivity index (χ2v) is 6.66. The number of hydrogen-bond donors (Lipinski definition) is 1. The van der Waals surface area contributed by atoms with Gasteiger partial charge in [-0.05, 0) is 46.3 Å². The standard InChI is InChI=1S/C17H16BrFN4O3/c18-15-11-12(19)1-6-16(15)20-17(24)22-9-7-21(8-10-22)13-2-4-14(5-3-13)23(25)26/h1-6,11H,7-10H2,(H,20,24). The van der Waals surface area contributed by atoms with E-state index in [9.17, 15) is 19.3 Å². The summed E-state index contributed by atoms with van der Waals surface area (Å²) in [7, 11) is 0. The highest BCUT2D eigenvalue weighted by Gasteiger charge is 2.22. The molecule has 0 radical (unpaired) electrons. The maximum atomic E-state index is 13.1. The van der Waals surface area contributed by atoms with Crippen molar-refractivity contribution in [1.29, 1.82) is 0 Å². The maximum absolute atomic E-state index is 13.1. The van der Waals surface area contributed by atoms with Gasteiger partial charge in [0.15, 0.2) is 0 Å². The Balaban J connectivity index is 1.57. The molecule has 0 aliphatic carbocycles. The van der Waals surface area contributed by atoms with E-state index < -0.39 is 4.92 Å². The van der Waals surface area contributed by atoms with E-state index in [1.165, 1.54) is 30.3 Å². The molecule has 136 valence electrons. The summed E-state index contributed by atoms with van der Waals surface area (Å²) in [5, 5.41) is 13.5. The molecule has 2 aromatic carbocycles. The quantitative estimate of drug-likeness (QED) is 0.601. The van der Waals surface area contributed by atoms with Gasteiger partial charge in [0.1, 0.15) is 5.82 Å². The first kappa shape index (κ1) is 18.1. The molecule has 2 amide bonds. The van der Waals surface area contributed by atoms with E-state index in [1.54, 1.807) is 17.0 Å². The second kappa shape index (κ2) is 7.69. The predicted octanol–water partition coefficient (Wildman–Crippen LogP) is 3.85. The number of carbonyl (C=O) groups excluding carboxylic acids is 1. The number of piperazine rings is 1. The monoisotopic (exact) mass is 422 g/mol. The molecule has 1 heterocycles. The van der Waals surface area contributed by atoms with Crippen molar-refractivity contribution in [1.82, 2.24) is 4.90 Å². The zero-order valence-corrected chi connectivity index (χ0v) is 15.3. The van der Waals surface area contributed by atoms with E-state index in [4.69, 9.17) is 0 Å². The van der Waals surface area contributed by atoms with Crippen molar-refractivity contribution >= 4 is 39.0 Å². The van der Waals surface area contributed by atoms with E-state index in [1.807, 2.05) is 0 Å². The molecule has 1 fully saturated rings. The number of nitrogens with zero attached hydrogens (tertiary/aromatic N) is 3. The molecule has 2 aromatic rings. The molecule has 7 nitrogen and oxygen atoms in total. The van der Waals surface area contributed by atoms with Crippen molar-refractivity contribution in [3.8, 4) is 0 Å². The lowest BCUT2D eigenvalue weighted by molar-refractivity contribution is -0.384. The summed E-state index contributed by atoms with van der Waals surface area (Å²) >= 11 is 3.23. The van der Waals surface area contributed by atoms with Crippen LogP contribution in [0.5, 0.6) is 0 Å². The molecule has 3 rings (SSSR count). The highest BCUT2D eigenvalue weighted by Crippen LogP contribution is 2.24. The molecule has 1 N–H and O–H groups in total. The van der Waals surface area contributed by atoms with Crippen molar-refractivity contribution in [3.05, 3.63) is 62.9 Å². The number of benzene rings is 2. The fourth-order valence-corrected chi connectivity index (χ4v) is 3.19. The van der Waals surface area contributed by atoms with E-state index in [0.717, 1.165) is 5.69 Å². The number of carbonyl (C=O) groups is 1. The molecule has 1 aliphatic heterocycles. The van der Waals surface area contributed by atoms with Gasteiger partial charge < -0.3 is 15.1 Å². The molecule has 0 saturated carbocycles. The third-order valence-electron chi connectivity index (χ3n) is 4.17. The smallest absolute Gasteiger partial charge is 0.321 e. The van der Waals surface area contributed by atoms with Crippen LogP contribution in [-0.2, 0) is 0 Å². The van der Waals surface area contributed by atoms with Gasteiger partial charge in [-0.25, -0.2) is 9.18 Å². The van der Waals surface area contributed by atoms with Crippen LogP contribution in [0.4, 0.5) is 26.2 Å². The summed E-state index contributed by atoms with van der Waals surface area (Å²) in [6.07, 6.45) is 0. The Morgan fingerprint density at radius 3 is 2.35 bits per heavy atom. The minimum atomic E-state index is -0.431. The molecule has 1 aliphatic rings. The van der Waals surface area contributed by atoms with Gasteiger partial charge in [-0.1, -0.05) is 0 Å². The number of hydrogen-bond acceptors (Lipinski definition) is 4. The van der Waals surface area contributed by atoms with Crippen LogP contribution in [0.3, 0.4) is 0 Å². The van der Waals surface area contributed by atoms with Gasteiger partial charge in [0.2, 0.25) is 0 Å². The van der Waals surface area contributed by atoms with Crippen LogP contribution in [0.2, 0.25) is 0 Å². The molecule has 9 heteroatoms. The summed E-state index contributed by atoms with van der Waals surface area (Å²) in [5.74, 6) is -0.383. The lowest BCUT2D eigenvalue weighted by Gasteiger charge is -2.36. The lowest BCUT2D eigenvalue weighted by atomic mass is 10.2. The van der Waals surface area contributed by atoms with Crippen LogP contribution in [0.15, 0.2) is 46.9 Å². The highest BCUT2D eigenvalue weighted by molar-refractivity contribution is 9.10. The fourth-order valence-electron chi connectivity index (χ4n) is 2.74. The van der Waals surface area contributed by atoms with Gasteiger partial charge in [-0.3, -0.25) is 10.1 Å². The molecule has 0 aromatic heterocycles. The second-order valence-electron chi connectivity index (χ2n) is 5.80. The van der Waals surface area contributed by atoms with Crippen LogP contribution in [-0.4, -0.2) is 42.0 Å². The average molecular weight is 423 g/mol. The van der Waals surface area contributed by atoms with Crippen LogP contribution in [0.1, 0.15) is 0 Å². The number of anilines is 2. The molecule has 0 spiro atoms. The Hall–Kier alpha value is -2.68. The minimum Gasteiger partial charge on any atom is -0.368 e. The first-order valence-corrected chi connectivity index (χ1v) is 8.74. The molecule has 0 bridgehead atoms. The van der Waals surface area contributed by atoms with Gasteiger partial charge in [0, 0.05) is 48.5 Å². The van der Waals surface area contributed by atoms with Crippen LogP contribution in [0.25, 0.3) is 0 Å². The van der Waals surface area contributed by atoms with E-state index >= 15 is 0 Å². The minimum absolute atomic E-state index is 0.0524. The molecule has 26 heavy (non-hydrogen) atoms. The predicted molar refractivity (Wildman–Crippen MR) is 100 cm³/mol. The van der Waals surface area contributed by atoms with Gasteiger partial charge >= 0.3 is 6.03 Å². The Bertz CT molecular complexity index is 823. The van der Waals surface area contributed by atoms with Gasteiger partial charge in [0.25, 0.3) is 5.69 Å². The summed E-state index contributed by atoms with van der Waals surface area (Å²) in [6, 6.07) is 10.2. The number of urea groups is 1. The first-order chi connectivity index (χ1) is 12.4. The van der Waals surface area contributed by atoms with Crippen molar-refractivity contribution in [3.63, 3.8) is 0 Å². The van der Waals surface area contributed by atoms with Crippen molar-refractivity contribution in [2.24, 2.45) is 0 Å². The van der Waals surface area contributed by atoms with Gasteiger partial charge in [-0.2, -0.15) is 0 Å². The SMILES string of the molecule is O=C(Nc1ccc(F)cc1Br)N1CCN(c2ccc([N+](=O)[O-])cc2)CC1. The van der Waals surface area contributed by atoms with Gasteiger partial charge in [0.05, 0.1) is 10.6 Å². The average Bonchev–Trinajstić information content (AvgIpc) is 2.64. The normalized spacial score (nSPS) is 14.2. The molecular weight excluding hydrogens is 407 g/mol. The summed E-state index contributed by atoms with van der Waals surface area (Å²) in [5.41, 5.74) is 1.45. The first-order valence-electron chi connectivity index (χ1n) is 7.94. The Morgan fingerprint density at radius 1 is 1.12 bits per heavy atom. The number of non-ortho nitro benzene ring substituents is 1. The van der Waals surface area contributed by atoms with E-state index in [2.05, 4.69) is 26.1 Å². The van der Waals surface area contributed by atoms with E-state index in [-0.39, 0.29) is 17.5 Å². The number of rotatable bonds is 3.